The number of carboxylic acid groups (broad SMARTS) is 1. The SMILES string of the molecule is O=C(O)C1CCCN1Cc1cccc(OCCc2coc(-c3ccccc3)n2)c1. The summed E-state index contributed by atoms with van der Waals surface area (Å²) in [6, 6.07) is 17.3. The number of carbonyl (C=O) groups is 1. The van der Waals surface area contributed by atoms with Crippen LogP contribution in [0.4, 0.5) is 0 Å². The number of ether oxygens (including phenoxy) is 1. The van der Waals surface area contributed by atoms with Gasteiger partial charge in [0.25, 0.3) is 0 Å². The van der Waals surface area contributed by atoms with Crippen LogP contribution < -0.4 is 4.74 Å². The maximum Gasteiger partial charge on any atom is 0.320 e. The highest BCUT2D eigenvalue weighted by Gasteiger charge is 2.30. The van der Waals surface area contributed by atoms with Crippen molar-refractivity contribution < 1.29 is 19.1 Å². The Hall–Kier alpha value is -3.12. The lowest BCUT2D eigenvalue weighted by molar-refractivity contribution is -0.142. The third kappa shape index (κ3) is 4.84. The quantitative estimate of drug-likeness (QED) is 0.624. The third-order valence-electron chi connectivity index (χ3n) is 5.13. The molecule has 1 aliphatic rings. The van der Waals surface area contributed by atoms with Crippen LogP contribution >= 0.6 is 0 Å². The van der Waals surface area contributed by atoms with Crippen LogP contribution in [0.5, 0.6) is 5.75 Å². The van der Waals surface area contributed by atoms with E-state index >= 15 is 0 Å². The van der Waals surface area contributed by atoms with Crippen molar-refractivity contribution in [2.75, 3.05) is 13.2 Å². The molecular weight excluding hydrogens is 368 g/mol. The van der Waals surface area contributed by atoms with Gasteiger partial charge in [-0.3, -0.25) is 9.69 Å². The zero-order valence-corrected chi connectivity index (χ0v) is 16.2. The summed E-state index contributed by atoms with van der Waals surface area (Å²) in [6.45, 7) is 1.93. The van der Waals surface area contributed by atoms with Crippen LogP contribution in [0.1, 0.15) is 24.1 Å². The fourth-order valence-corrected chi connectivity index (χ4v) is 3.67. The molecule has 2 aromatic carbocycles. The maximum atomic E-state index is 11.4. The van der Waals surface area contributed by atoms with Gasteiger partial charge < -0.3 is 14.3 Å². The van der Waals surface area contributed by atoms with E-state index in [1.807, 2.05) is 59.5 Å². The Morgan fingerprint density at radius 1 is 1.21 bits per heavy atom. The summed E-state index contributed by atoms with van der Waals surface area (Å²) in [5.74, 6) is 0.652. The standard InChI is InChI=1S/C23H24N2O4/c26-23(27)21-10-5-12-25(21)15-17-6-4-9-20(14-17)28-13-11-19-16-29-22(24-19)18-7-2-1-3-8-18/h1-4,6-9,14,16,21H,5,10-13,15H2,(H,26,27). The average molecular weight is 392 g/mol. The lowest BCUT2D eigenvalue weighted by Crippen LogP contribution is -2.35. The molecule has 0 amide bonds. The molecule has 1 fully saturated rings. The van der Waals surface area contributed by atoms with E-state index in [9.17, 15) is 9.90 Å². The number of likely N-dealkylation sites (tertiary alicyclic amines) is 1. The first-order valence-electron chi connectivity index (χ1n) is 9.87. The van der Waals surface area contributed by atoms with Crippen molar-refractivity contribution in [2.24, 2.45) is 0 Å². The zero-order valence-electron chi connectivity index (χ0n) is 16.2. The molecule has 1 unspecified atom stereocenters. The van der Waals surface area contributed by atoms with Gasteiger partial charge in [-0.25, -0.2) is 4.98 Å². The van der Waals surface area contributed by atoms with Gasteiger partial charge in [-0.05, 0) is 49.2 Å². The fraction of sp³-hybridized carbons (Fsp3) is 0.304. The van der Waals surface area contributed by atoms with Gasteiger partial charge in [-0.1, -0.05) is 30.3 Å². The van der Waals surface area contributed by atoms with Gasteiger partial charge in [0, 0.05) is 18.5 Å². The molecule has 6 heteroatoms. The number of hydrogen-bond donors (Lipinski definition) is 1. The molecule has 2 heterocycles. The summed E-state index contributed by atoms with van der Waals surface area (Å²) in [6.07, 6.45) is 3.96. The molecule has 0 aliphatic carbocycles. The summed E-state index contributed by atoms with van der Waals surface area (Å²) < 4.78 is 11.4. The van der Waals surface area contributed by atoms with Crippen LogP contribution in [-0.4, -0.2) is 40.2 Å². The van der Waals surface area contributed by atoms with Crippen molar-refractivity contribution in [1.82, 2.24) is 9.88 Å². The molecule has 1 aromatic heterocycles. The molecule has 0 saturated carbocycles. The summed E-state index contributed by atoms with van der Waals surface area (Å²) in [5.41, 5.74) is 2.86. The second-order valence-corrected chi connectivity index (χ2v) is 7.22. The minimum atomic E-state index is -0.739. The van der Waals surface area contributed by atoms with Crippen LogP contribution in [0.2, 0.25) is 0 Å². The van der Waals surface area contributed by atoms with Crippen molar-refractivity contribution in [1.29, 1.82) is 0 Å². The summed E-state index contributed by atoms with van der Waals surface area (Å²) in [5, 5.41) is 9.34. The predicted octanol–water partition coefficient (Wildman–Crippen LogP) is 4.01. The van der Waals surface area contributed by atoms with Crippen molar-refractivity contribution in [2.45, 2.75) is 31.8 Å². The Kier molecular flexibility index (Phi) is 5.91. The molecule has 0 bridgehead atoms. The van der Waals surface area contributed by atoms with Crippen molar-refractivity contribution >= 4 is 5.97 Å². The van der Waals surface area contributed by atoms with Crippen LogP contribution in [0.15, 0.2) is 65.3 Å². The Balaban J connectivity index is 1.31. The second kappa shape index (κ2) is 8.92. The Bertz CT molecular complexity index is 954. The van der Waals surface area contributed by atoms with Crippen LogP contribution in [0, 0.1) is 0 Å². The largest absolute Gasteiger partial charge is 0.493 e. The Morgan fingerprint density at radius 2 is 2.07 bits per heavy atom. The van der Waals surface area contributed by atoms with Crippen LogP contribution in [-0.2, 0) is 17.8 Å². The molecule has 1 N–H and O–H groups in total. The molecular formula is C23H24N2O4. The summed E-state index contributed by atoms with van der Waals surface area (Å²) >= 11 is 0. The van der Waals surface area contributed by atoms with E-state index in [-0.39, 0.29) is 6.04 Å². The zero-order chi connectivity index (χ0) is 20.1. The molecule has 150 valence electrons. The third-order valence-corrected chi connectivity index (χ3v) is 5.13. The van der Waals surface area contributed by atoms with Gasteiger partial charge in [0.05, 0.1) is 12.3 Å². The maximum absolute atomic E-state index is 11.4. The number of carboxylic acids is 1. The van der Waals surface area contributed by atoms with Crippen molar-refractivity contribution in [3.63, 3.8) is 0 Å². The molecule has 0 spiro atoms. The number of nitrogens with zero attached hydrogens (tertiary/aromatic N) is 2. The molecule has 4 rings (SSSR count). The van der Waals surface area contributed by atoms with Crippen LogP contribution in [0.25, 0.3) is 11.5 Å². The fourth-order valence-electron chi connectivity index (χ4n) is 3.67. The minimum Gasteiger partial charge on any atom is -0.493 e. The van der Waals surface area contributed by atoms with Gasteiger partial charge in [-0.15, -0.1) is 0 Å². The molecule has 6 nitrogen and oxygen atoms in total. The van der Waals surface area contributed by atoms with E-state index in [4.69, 9.17) is 9.15 Å². The van der Waals surface area contributed by atoms with Crippen molar-refractivity contribution in [3.05, 3.63) is 72.1 Å². The Morgan fingerprint density at radius 3 is 2.90 bits per heavy atom. The lowest BCUT2D eigenvalue weighted by atomic mass is 10.1. The number of benzene rings is 2. The van der Waals surface area contributed by atoms with E-state index in [1.54, 1.807) is 6.26 Å². The van der Waals surface area contributed by atoms with E-state index in [0.717, 1.165) is 35.5 Å². The molecule has 0 radical (unpaired) electrons. The number of rotatable bonds is 8. The summed E-state index contributed by atoms with van der Waals surface area (Å²) in [7, 11) is 0. The number of aromatic nitrogens is 1. The van der Waals surface area contributed by atoms with E-state index < -0.39 is 5.97 Å². The van der Waals surface area contributed by atoms with Crippen molar-refractivity contribution in [3.8, 4) is 17.2 Å². The highest BCUT2D eigenvalue weighted by Crippen LogP contribution is 2.23. The number of aliphatic carboxylic acids is 1. The molecule has 29 heavy (non-hydrogen) atoms. The molecule has 3 aromatic rings. The Labute approximate surface area is 169 Å². The normalized spacial score (nSPS) is 16.8. The van der Waals surface area contributed by atoms with Gasteiger partial charge in [-0.2, -0.15) is 0 Å². The smallest absolute Gasteiger partial charge is 0.320 e. The predicted molar refractivity (Wildman–Crippen MR) is 109 cm³/mol. The van der Waals surface area contributed by atoms with E-state index in [2.05, 4.69) is 4.98 Å². The number of oxazole rings is 1. The number of hydrogen-bond acceptors (Lipinski definition) is 5. The second-order valence-electron chi connectivity index (χ2n) is 7.22. The van der Waals surface area contributed by atoms with Gasteiger partial charge in [0.1, 0.15) is 18.1 Å². The first-order valence-corrected chi connectivity index (χ1v) is 9.87. The molecule has 1 saturated heterocycles. The first-order chi connectivity index (χ1) is 14.2. The molecule has 1 atom stereocenters. The first kappa shape index (κ1) is 19.2. The minimum absolute atomic E-state index is 0.384. The highest BCUT2D eigenvalue weighted by molar-refractivity contribution is 5.73. The summed E-state index contributed by atoms with van der Waals surface area (Å²) in [4.78, 5) is 17.9. The van der Waals surface area contributed by atoms with E-state index in [1.165, 1.54) is 0 Å². The van der Waals surface area contributed by atoms with Gasteiger partial charge in [0.15, 0.2) is 0 Å². The van der Waals surface area contributed by atoms with E-state index in [0.29, 0.717) is 31.9 Å². The monoisotopic (exact) mass is 392 g/mol. The van der Waals surface area contributed by atoms with Gasteiger partial charge >= 0.3 is 5.97 Å². The van der Waals surface area contributed by atoms with Gasteiger partial charge in [0.2, 0.25) is 5.89 Å². The average Bonchev–Trinajstić information content (AvgIpc) is 3.39. The highest BCUT2D eigenvalue weighted by atomic mass is 16.5. The lowest BCUT2D eigenvalue weighted by Gasteiger charge is -2.21. The topological polar surface area (TPSA) is 75.8 Å². The van der Waals surface area contributed by atoms with Crippen LogP contribution in [0.3, 0.4) is 0 Å². The molecule has 1 aliphatic heterocycles.